The number of carbonyl (C=O) groups excluding carboxylic acids is 2. The van der Waals surface area contributed by atoms with Crippen molar-refractivity contribution in [2.75, 3.05) is 19.6 Å². The molecule has 2 amide bonds. The first kappa shape index (κ1) is 15.9. The zero-order valence-electron chi connectivity index (χ0n) is 14.2. The van der Waals surface area contributed by atoms with Crippen LogP contribution in [0.5, 0.6) is 0 Å². The van der Waals surface area contributed by atoms with Crippen molar-refractivity contribution in [3.63, 3.8) is 0 Å². The molecule has 2 saturated heterocycles. The average molecular weight is 339 g/mol. The van der Waals surface area contributed by atoms with Crippen molar-refractivity contribution >= 4 is 11.8 Å². The second-order valence-electron chi connectivity index (χ2n) is 7.23. The van der Waals surface area contributed by atoms with Crippen LogP contribution in [0.2, 0.25) is 0 Å². The lowest BCUT2D eigenvalue weighted by Crippen LogP contribution is -2.47. The van der Waals surface area contributed by atoms with Gasteiger partial charge in [-0.2, -0.15) is 0 Å². The van der Waals surface area contributed by atoms with Gasteiger partial charge in [-0.3, -0.25) is 9.59 Å². The van der Waals surface area contributed by atoms with Crippen LogP contribution in [0, 0.1) is 12.3 Å². The molecule has 25 heavy (non-hydrogen) atoms. The van der Waals surface area contributed by atoms with Crippen LogP contribution in [-0.2, 0) is 4.79 Å². The third-order valence-corrected chi connectivity index (χ3v) is 5.21. The Morgan fingerprint density at radius 1 is 1.32 bits per heavy atom. The predicted octanol–water partition coefficient (Wildman–Crippen LogP) is 2.39. The van der Waals surface area contributed by atoms with E-state index in [-0.39, 0.29) is 23.0 Å². The lowest BCUT2D eigenvalue weighted by molar-refractivity contribution is -0.119. The van der Waals surface area contributed by atoms with Gasteiger partial charge in [0.15, 0.2) is 0 Å². The third kappa shape index (κ3) is 3.04. The standard InChI is InChI=1S/C19H21N3O3/c1-13-3-5-14(6-4-13)15-9-16(25-21-15)18(24)22-8-2-7-19(12-22)10-17(23)20-11-19/h3-6,9H,2,7-8,10-12H2,1H3,(H,20,23). The number of hydrogen-bond donors (Lipinski definition) is 1. The van der Waals surface area contributed by atoms with Crippen molar-refractivity contribution in [3.8, 4) is 11.3 Å². The van der Waals surface area contributed by atoms with Crippen molar-refractivity contribution in [1.29, 1.82) is 0 Å². The molecule has 2 aliphatic heterocycles. The van der Waals surface area contributed by atoms with Gasteiger partial charge in [-0.05, 0) is 19.8 Å². The molecule has 4 rings (SSSR count). The van der Waals surface area contributed by atoms with Crippen molar-refractivity contribution < 1.29 is 14.1 Å². The molecule has 0 saturated carbocycles. The van der Waals surface area contributed by atoms with E-state index in [0.29, 0.717) is 31.7 Å². The monoisotopic (exact) mass is 339 g/mol. The zero-order valence-corrected chi connectivity index (χ0v) is 14.2. The maximum Gasteiger partial charge on any atom is 0.292 e. The number of aryl methyl sites for hydroxylation is 1. The highest BCUT2D eigenvalue weighted by molar-refractivity contribution is 5.92. The summed E-state index contributed by atoms with van der Waals surface area (Å²) in [6.45, 7) is 3.96. The quantitative estimate of drug-likeness (QED) is 0.911. The van der Waals surface area contributed by atoms with Crippen LogP contribution in [-0.4, -0.2) is 41.5 Å². The summed E-state index contributed by atoms with van der Waals surface area (Å²) in [5, 5.41) is 6.94. The number of amides is 2. The maximum absolute atomic E-state index is 12.8. The molecule has 1 spiro atoms. The number of aromatic nitrogens is 1. The number of nitrogens with zero attached hydrogens (tertiary/aromatic N) is 2. The van der Waals surface area contributed by atoms with E-state index >= 15 is 0 Å². The molecule has 130 valence electrons. The maximum atomic E-state index is 12.8. The van der Waals surface area contributed by atoms with Gasteiger partial charge in [-0.1, -0.05) is 35.0 Å². The zero-order chi connectivity index (χ0) is 17.4. The van der Waals surface area contributed by atoms with E-state index in [1.54, 1.807) is 11.0 Å². The topological polar surface area (TPSA) is 75.4 Å². The minimum Gasteiger partial charge on any atom is -0.355 e. The molecule has 1 aromatic carbocycles. The number of rotatable bonds is 2. The molecule has 0 radical (unpaired) electrons. The predicted molar refractivity (Wildman–Crippen MR) is 91.9 cm³/mol. The number of likely N-dealkylation sites (tertiary alicyclic amines) is 1. The number of carbonyl (C=O) groups is 2. The second kappa shape index (κ2) is 6.02. The Labute approximate surface area is 146 Å². The Kier molecular flexibility index (Phi) is 3.82. The molecule has 6 heteroatoms. The number of piperidine rings is 1. The molecule has 1 N–H and O–H groups in total. The van der Waals surface area contributed by atoms with Gasteiger partial charge in [0.05, 0.1) is 0 Å². The highest BCUT2D eigenvalue weighted by atomic mass is 16.5. The smallest absolute Gasteiger partial charge is 0.292 e. The van der Waals surface area contributed by atoms with Crippen LogP contribution in [0.3, 0.4) is 0 Å². The van der Waals surface area contributed by atoms with Crippen LogP contribution in [0.15, 0.2) is 34.9 Å². The molecule has 1 unspecified atom stereocenters. The molecule has 0 aliphatic carbocycles. The Morgan fingerprint density at radius 3 is 2.84 bits per heavy atom. The Hall–Kier alpha value is -2.63. The molecule has 1 atom stereocenters. The number of nitrogens with one attached hydrogen (secondary N) is 1. The normalized spacial score (nSPS) is 23.1. The van der Waals surface area contributed by atoms with Crippen LogP contribution in [0.25, 0.3) is 11.3 Å². The summed E-state index contributed by atoms with van der Waals surface area (Å²) >= 11 is 0. The third-order valence-electron chi connectivity index (χ3n) is 5.21. The van der Waals surface area contributed by atoms with Crippen molar-refractivity contribution in [2.24, 2.45) is 5.41 Å². The fraction of sp³-hybridized carbons (Fsp3) is 0.421. The van der Waals surface area contributed by atoms with E-state index in [1.807, 2.05) is 31.2 Å². The Morgan fingerprint density at radius 2 is 2.12 bits per heavy atom. The van der Waals surface area contributed by atoms with E-state index in [4.69, 9.17) is 4.52 Å². The molecule has 2 fully saturated rings. The van der Waals surface area contributed by atoms with Gasteiger partial charge in [-0.25, -0.2) is 0 Å². The fourth-order valence-corrected chi connectivity index (χ4v) is 3.81. The van der Waals surface area contributed by atoms with Gasteiger partial charge in [-0.15, -0.1) is 0 Å². The largest absolute Gasteiger partial charge is 0.355 e. The Balaban J connectivity index is 1.51. The summed E-state index contributed by atoms with van der Waals surface area (Å²) in [7, 11) is 0. The van der Waals surface area contributed by atoms with Crippen LogP contribution in [0.4, 0.5) is 0 Å². The van der Waals surface area contributed by atoms with Gasteiger partial charge in [0, 0.05) is 43.1 Å². The van der Waals surface area contributed by atoms with Gasteiger partial charge >= 0.3 is 0 Å². The highest BCUT2D eigenvalue weighted by Gasteiger charge is 2.43. The lowest BCUT2D eigenvalue weighted by Gasteiger charge is -2.38. The SMILES string of the molecule is Cc1ccc(-c2cc(C(=O)N3CCCC4(CNC(=O)C4)C3)on2)cc1. The molecule has 2 aliphatic rings. The summed E-state index contributed by atoms with van der Waals surface area (Å²) in [6.07, 6.45) is 2.38. The summed E-state index contributed by atoms with van der Waals surface area (Å²) in [4.78, 5) is 26.2. The van der Waals surface area contributed by atoms with E-state index in [0.717, 1.165) is 18.4 Å². The van der Waals surface area contributed by atoms with Gasteiger partial charge < -0.3 is 14.7 Å². The van der Waals surface area contributed by atoms with Crippen molar-refractivity contribution in [2.45, 2.75) is 26.2 Å². The van der Waals surface area contributed by atoms with E-state index < -0.39 is 0 Å². The molecule has 0 bridgehead atoms. The molecule has 2 aromatic rings. The van der Waals surface area contributed by atoms with Gasteiger partial charge in [0.2, 0.25) is 11.7 Å². The molecule has 1 aromatic heterocycles. The molecule has 3 heterocycles. The molecular weight excluding hydrogens is 318 g/mol. The lowest BCUT2D eigenvalue weighted by atomic mass is 9.79. The number of hydrogen-bond acceptors (Lipinski definition) is 4. The number of benzene rings is 1. The van der Waals surface area contributed by atoms with E-state index in [1.165, 1.54) is 5.56 Å². The summed E-state index contributed by atoms with van der Waals surface area (Å²) < 4.78 is 5.31. The minimum atomic E-state index is -0.149. The first-order valence-electron chi connectivity index (χ1n) is 8.64. The van der Waals surface area contributed by atoms with E-state index in [9.17, 15) is 9.59 Å². The van der Waals surface area contributed by atoms with Gasteiger partial charge in [0.25, 0.3) is 5.91 Å². The van der Waals surface area contributed by atoms with Gasteiger partial charge in [0.1, 0.15) is 5.69 Å². The minimum absolute atomic E-state index is 0.0793. The summed E-state index contributed by atoms with van der Waals surface area (Å²) in [6, 6.07) is 9.64. The molecular formula is C19H21N3O3. The van der Waals surface area contributed by atoms with Crippen LogP contribution in [0.1, 0.15) is 35.4 Å². The first-order valence-corrected chi connectivity index (χ1v) is 8.64. The second-order valence-corrected chi connectivity index (χ2v) is 7.23. The van der Waals surface area contributed by atoms with Crippen molar-refractivity contribution in [3.05, 3.63) is 41.7 Å². The summed E-state index contributed by atoms with van der Waals surface area (Å²) in [5.74, 6) is 0.185. The van der Waals surface area contributed by atoms with Crippen LogP contribution >= 0.6 is 0 Å². The van der Waals surface area contributed by atoms with E-state index in [2.05, 4.69) is 10.5 Å². The highest BCUT2D eigenvalue weighted by Crippen LogP contribution is 2.36. The van der Waals surface area contributed by atoms with Crippen molar-refractivity contribution in [1.82, 2.24) is 15.4 Å². The summed E-state index contributed by atoms with van der Waals surface area (Å²) in [5.41, 5.74) is 2.63. The molecule has 6 nitrogen and oxygen atoms in total. The Bertz CT molecular complexity index is 812. The average Bonchev–Trinajstić information content (AvgIpc) is 3.23. The first-order chi connectivity index (χ1) is 12.0. The van der Waals surface area contributed by atoms with Crippen LogP contribution < -0.4 is 5.32 Å². The fourth-order valence-electron chi connectivity index (χ4n) is 3.81.